The van der Waals surface area contributed by atoms with Crippen LogP contribution in [0.25, 0.3) is 11.0 Å². The Morgan fingerprint density at radius 1 is 1.42 bits per heavy atom. The third-order valence-electron chi connectivity index (χ3n) is 3.35. The molecule has 0 aliphatic carbocycles. The topological polar surface area (TPSA) is 17.8 Å². The molecule has 104 valence electrons. The summed E-state index contributed by atoms with van der Waals surface area (Å²) in [6, 6.07) is 3.24. The average Bonchev–Trinajstić information content (AvgIpc) is 2.68. The highest BCUT2D eigenvalue weighted by Crippen LogP contribution is 2.32. The summed E-state index contributed by atoms with van der Waals surface area (Å²) in [6.45, 7) is 6.46. The first-order valence-electron chi connectivity index (χ1n) is 6.33. The zero-order valence-electron chi connectivity index (χ0n) is 11.3. The lowest BCUT2D eigenvalue weighted by molar-refractivity contribution is 0.326. The number of fused-ring (bicyclic) bond motifs is 1. The molecule has 0 saturated carbocycles. The second-order valence-corrected chi connectivity index (χ2v) is 6.44. The van der Waals surface area contributed by atoms with Gasteiger partial charge in [0.25, 0.3) is 0 Å². The highest BCUT2D eigenvalue weighted by molar-refractivity contribution is 9.10. The zero-order chi connectivity index (χ0) is 14.2. The van der Waals surface area contributed by atoms with Gasteiger partial charge in [-0.15, -0.1) is 11.6 Å². The average molecular weight is 348 g/mol. The first kappa shape index (κ1) is 14.8. The summed E-state index contributed by atoms with van der Waals surface area (Å²) in [6.07, 6.45) is 2.08. The largest absolute Gasteiger partial charge is 0.321 e. The van der Waals surface area contributed by atoms with E-state index in [0.717, 1.165) is 24.2 Å². The Morgan fingerprint density at radius 2 is 2.11 bits per heavy atom. The molecule has 1 heterocycles. The third-order valence-corrected chi connectivity index (χ3v) is 4.20. The van der Waals surface area contributed by atoms with Crippen molar-refractivity contribution in [2.45, 2.75) is 45.0 Å². The van der Waals surface area contributed by atoms with Gasteiger partial charge in [0.15, 0.2) is 0 Å². The van der Waals surface area contributed by atoms with Crippen molar-refractivity contribution in [3.8, 4) is 0 Å². The fourth-order valence-corrected chi connectivity index (χ4v) is 3.12. The standard InChI is InChI=1S/C14H17BrClFN2/c1-4-5-14(2,3)19-12-6-9(15)10(17)7-11(12)18-13(19)8-16/h6-7H,4-5,8H2,1-3H3. The van der Waals surface area contributed by atoms with Gasteiger partial charge in [0, 0.05) is 11.6 Å². The monoisotopic (exact) mass is 346 g/mol. The van der Waals surface area contributed by atoms with Crippen LogP contribution in [-0.4, -0.2) is 9.55 Å². The molecule has 0 fully saturated rings. The normalized spacial score (nSPS) is 12.3. The molecule has 5 heteroatoms. The van der Waals surface area contributed by atoms with Gasteiger partial charge in [0.05, 0.1) is 21.4 Å². The minimum Gasteiger partial charge on any atom is -0.321 e. The number of imidazole rings is 1. The predicted octanol–water partition coefficient (Wildman–Crippen LogP) is 5.21. The molecule has 2 rings (SSSR count). The van der Waals surface area contributed by atoms with Crippen molar-refractivity contribution >= 4 is 38.6 Å². The minimum absolute atomic E-state index is 0.0923. The molecule has 0 N–H and O–H groups in total. The number of nitrogens with zero attached hydrogens (tertiary/aromatic N) is 2. The van der Waals surface area contributed by atoms with Gasteiger partial charge < -0.3 is 4.57 Å². The quantitative estimate of drug-likeness (QED) is 0.694. The van der Waals surface area contributed by atoms with E-state index < -0.39 is 0 Å². The summed E-state index contributed by atoms with van der Waals surface area (Å²) in [5.41, 5.74) is 1.48. The molecule has 0 saturated heterocycles. The molecule has 0 aliphatic rings. The number of alkyl halides is 1. The molecular formula is C14H17BrClFN2. The maximum atomic E-state index is 13.6. The molecule has 0 spiro atoms. The SMILES string of the molecule is CCCC(C)(C)n1c(CCl)nc2cc(F)c(Br)cc21. The van der Waals surface area contributed by atoms with Crippen LogP contribution in [0.2, 0.25) is 0 Å². The first-order chi connectivity index (χ1) is 8.90. The van der Waals surface area contributed by atoms with Gasteiger partial charge in [-0.25, -0.2) is 9.37 Å². The number of hydrogen-bond acceptors (Lipinski definition) is 1. The number of aromatic nitrogens is 2. The minimum atomic E-state index is -0.299. The highest BCUT2D eigenvalue weighted by atomic mass is 79.9. The van der Waals surface area contributed by atoms with Gasteiger partial charge in [-0.05, 0) is 42.3 Å². The zero-order valence-corrected chi connectivity index (χ0v) is 13.6. The molecule has 0 atom stereocenters. The first-order valence-corrected chi connectivity index (χ1v) is 7.66. The molecule has 0 radical (unpaired) electrons. The molecule has 0 unspecified atom stereocenters. The summed E-state index contributed by atoms with van der Waals surface area (Å²) in [5.74, 6) is 0.806. The van der Waals surface area contributed by atoms with Gasteiger partial charge in [0.1, 0.15) is 11.6 Å². The van der Waals surface area contributed by atoms with Crippen molar-refractivity contribution in [1.82, 2.24) is 9.55 Å². The van der Waals surface area contributed by atoms with Crippen LogP contribution in [0.15, 0.2) is 16.6 Å². The molecule has 2 nitrogen and oxygen atoms in total. The van der Waals surface area contributed by atoms with Crippen molar-refractivity contribution in [3.63, 3.8) is 0 Å². The van der Waals surface area contributed by atoms with Crippen molar-refractivity contribution in [3.05, 3.63) is 28.2 Å². The van der Waals surface area contributed by atoms with E-state index in [4.69, 9.17) is 11.6 Å². The predicted molar refractivity (Wildman–Crippen MR) is 81.2 cm³/mol. The lowest BCUT2D eigenvalue weighted by atomic mass is 9.98. The smallest absolute Gasteiger partial charge is 0.139 e. The van der Waals surface area contributed by atoms with Crippen LogP contribution in [0.3, 0.4) is 0 Å². The van der Waals surface area contributed by atoms with Gasteiger partial charge >= 0.3 is 0 Å². The second-order valence-electron chi connectivity index (χ2n) is 5.31. The van der Waals surface area contributed by atoms with Crippen LogP contribution in [0.4, 0.5) is 4.39 Å². The Morgan fingerprint density at radius 3 is 2.68 bits per heavy atom. The fraction of sp³-hybridized carbons (Fsp3) is 0.500. The third kappa shape index (κ3) is 2.65. The van der Waals surface area contributed by atoms with Crippen LogP contribution in [0.1, 0.15) is 39.4 Å². The Bertz CT molecular complexity index is 607. The molecule has 2 aromatic rings. The lowest BCUT2D eigenvalue weighted by Crippen LogP contribution is -2.27. The van der Waals surface area contributed by atoms with Crippen molar-refractivity contribution < 1.29 is 4.39 Å². The molecule has 0 aliphatic heterocycles. The molecule has 0 bridgehead atoms. The number of hydrogen-bond donors (Lipinski definition) is 0. The number of rotatable bonds is 4. The summed E-state index contributed by atoms with van der Waals surface area (Å²) < 4.78 is 16.2. The molecule has 1 aromatic carbocycles. The maximum absolute atomic E-state index is 13.6. The summed E-state index contributed by atoms with van der Waals surface area (Å²) in [7, 11) is 0. The van der Waals surface area contributed by atoms with Crippen molar-refractivity contribution in [1.29, 1.82) is 0 Å². The second kappa shape index (κ2) is 5.41. The van der Waals surface area contributed by atoms with Gasteiger partial charge in [0.2, 0.25) is 0 Å². The maximum Gasteiger partial charge on any atom is 0.139 e. The van der Waals surface area contributed by atoms with E-state index >= 15 is 0 Å². The van der Waals surface area contributed by atoms with E-state index in [0.29, 0.717) is 15.9 Å². The van der Waals surface area contributed by atoms with E-state index in [9.17, 15) is 4.39 Å². The van der Waals surface area contributed by atoms with Gasteiger partial charge in [-0.3, -0.25) is 0 Å². The molecule has 1 aromatic heterocycles. The van der Waals surface area contributed by atoms with Crippen LogP contribution >= 0.6 is 27.5 Å². The summed E-state index contributed by atoms with van der Waals surface area (Å²) >= 11 is 9.24. The highest BCUT2D eigenvalue weighted by Gasteiger charge is 2.25. The van der Waals surface area contributed by atoms with Crippen molar-refractivity contribution in [2.24, 2.45) is 0 Å². The molecule has 0 amide bonds. The Labute approximate surface area is 126 Å². The van der Waals surface area contributed by atoms with Gasteiger partial charge in [-0.2, -0.15) is 0 Å². The van der Waals surface area contributed by atoms with E-state index in [1.54, 1.807) is 6.07 Å². The molecular weight excluding hydrogens is 331 g/mol. The van der Waals surface area contributed by atoms with E-state index in [-0.39, 0.29) is 11.4 Å². The van der Waals surface area contributed by atoms with Crippen molar-refractivity contribution in [2.75, 3.05) is 0 Å². The Balaban J connectivity index is 2.73. The molecule has 19 heavy (non-hydrogen) atoms. The van der Waals surface area contributed by atoms with Crippen LogP contribution < -0.4 is 0 Å². The summed E-state index contributed by atoms with van der Waals surface area (Å²) in [4.78, 5) is 4.45. The fourth-order valence-electron chi connectivity index (χ4n) is 2.61. The Hall–Kier alpha value is -0.610. The van der Waals surface area contributed by atoms with E-state index in [1.807, 2.05) is 0 Å². The van der Waals surface area contributed by atoms with Crippen LogP contribution in [0, 0.1) is 5.82 Å². The van der Waals surface area contributed by atoms with E-state index in [2.05, 4.69) is 46.3 Å². The summed E-state index contributed by atoms with van der Waals surface area (Å²) in [5, 5.41) is 0. The number of benzene rings is 1. The van der Waals surface area contributed by atoms with Crippen LogP contribution in [-0.2, 0) is 11.4 Å². The lowest BCUT2D eigenvalue weighted by Gasteiger charge is -2.29. The van der Waals surface area contributed by atoms with E-state index in [1.165, 1.54) is 6.07 Å². The Kier molecular flexibility index (Phi) is 4.21. The van der Waals surface area contributed by atoms with Gasteiger partial charge in [-0.1, -0.05) is 13.3 Å². The number of halogens is 3. The van der Waals surface area contributed by atoms with Crippen LogP contribution in [0.5, 0.6) is 0 Å².